The minimum atomic E-state index is -1.04. The molecule has 0 unspecified atom stereocenters. The van der Waals surface area contributed by atoms with Gasteiger partial charge in [0.05, 0.1) is 17.7 Å². The summed E-state index contributed by atoms with van der Waals surface area (Å²) < 4.78 is 25.5. The number of carbonyl (C=O) groups excluding carboxylic acids is 3. The monoisotopic (exact) mass is 531 g/mol. The van der Waals surface area contributed by atoms with Crippen molar-refractivity contribution < 1.29 is 33.2 Å². The summed E-state index contributed by atoms with van der Waals surface area (Å²) in [6.07, 6.45) is 3.20. The molecular formula is C28H22FN3O7. The first-order valence-corrected chi connectivity index (χ1v) is 11.6. The van der Waals surface area contributed by atoms with Crippen LogP contribution in [0, 0.1) is 15.9 Å². The van der Waals surface area contributed by atoms with Gasteiger partial charge in [0.1, 0.15) is 18.0 Å². The molecule has 4 rings (SSSR count). The zero-order valence-corrected chi connectivity index (χ0v) is 20.7. The van der Waals surface area contributed by atoms with E-state index in [1.54, 1.807) is 30.3 Å². The molecule has 0 bridgehead atoms. The van der Waals surface area contributed by atoms with Crippen LogP contribution in [-0.2, 0) is 22.6 Å². The Bertz CT molecular complexity index is 1530. The number of urea groups is 1. The van der Waals surface area contributed by atoms with Crippen LogP contribution >= 0.6 is 0 Å². The maximum absolute atomic E-state index is 14.1. The summed E-state index contributed by atoms with van der Waals surface area (Å²) in [6.45, 7) is 3.67. The third-order valence-corrected chi connectivity index (χ3v) is 5.78. The Labute approximate surface area is 222 Å². The number of benzene rings is 3. The van der Waals surface area contributed by atoms with Gasteiger partial charge in [0.2, 0.25) is 0 Å². The molecule has 0 saturated carbocycles. The van der Waals surface area contributed by atoms with Crippen LogP contribution in [-0.4, -0.2) is 29.9 Å². The number of carbonyl (C=O) groups is 3. The Kier molecular flexibility index (Phi) is 7.80. The van der Waals surface area contributed by atoms with E-state index in [9.17, 15) is 28.9 Å². The van der Waals surface area contributed by atoms with Crippen molar-refractivity contribution in [2.75, 3.05) is 12.0 Å². The van der Waals surface area contributed by atoms with E-state index in [-0.39, 0.29) is 29.3 Å². The Morgan fingerprint density at radius 1 is 1.08 bits per heavy atom. The SMILES string of the molecule is C=CCc1cc(/C=C2\C(=O)NC(=O)N(c3cccc([N+](=O)[O-])c3)C2=O)cc(OC)c1OCc1ccccc1F. The maximum atomic E-state index is 14.1. The number of imide groups is 2. The first-order chi connectivity index (χ1) is 18.7. The van der Waals surface area contributed by atoms with Crippen LogP contribution < -0.4 is 19.7 Å². The number of non-ortho nitro benzene ring substituents is 1. The molecule has 39 heavy (non-hydrogen) atoms. The van der Waals surface area contributed by atoms with Crippen molar-refractivity contribution in [1.82, 2.24) is 5.32 Å². The molecule has 0 spiro atoms. The summed E-state index contributed by atoms with van der Waals surface area (Å²) in [6, 6.07) is 13.2. The van der Waals surface area contributed by atoms with E-state index in [1.165, 1.54) is 43.5 Å². The molecule has 1 N–H and O–H groups in total. The highest BCUT2D eigenvalue weighted by atomic mass is 19.1. The van der Waals surface area contributed by atoms with Gasteiger partial charge in [-0.2, -0.15) is 0 Å². The summed E-state index contributed by atoms with van der Waals surface area (Å²) in [5, 5.41) is 13.2. The van der Waals surface area contributed by atoms with Gasteiger partial charge < -0.3 is 9.47 Å². The fourth-order valence-corrected chi connectivity index (χ4v) is 3.96. The van der Waals surface area contributed by atoms with Gasteiger partial charge in [0.25, 0.3) is 17.5 Å². The fourth-order valence-electron chi connectivity index (χ4n) is 3.96. The molecule has 3 aromatic carbocycles. The van der Waals surface area contributed by atoms with Gasteiger partial charge in [-0.25, -0.2) is 14.1 Å². The van der Waals surface area contributed by atoms with Crippen molar-refractivity contribution in [1.29, 1.82) is 0 Å². The van der Waals surface area contributed by atoms with Crippen LogP contribution in [0.5, 0.6) is 11.5 Å². The van der Waals surface area contributed by atoms with Crippen LogP contribution in [0.3, 0.4) is 0 Å². The Balaban J connectivity index is 1.71. The summed E-state index contributed by atoms with van der Waals surface area (Å²) in [5.41, 5.74) is 0.502. The van der Waals surface area contributed by atoms with Gasteiger partial charge in [0.15, 0.2) is 11.5 Å². The van der Waals surface area contributed by atoms with Crippen molar-refractivity contribution >= 4 is 35.3 Å². The molecule has 11 heteroatoms. The van der Waals surface area contributed by atoms with E-state index in [0.717, 1.165) is 6.07 Å². The summed E-state index contributed by atoms with van der Waals surface area (Å²) in [7, 11) is 1.40. The van der Waals surface area contributed by atoms with Crippen molar-refractivity contribution in [2.24, 2.45) is 0 Å². The number of nitrogens with zero attached hydrogens (tertiary/aromatic N) is 2. The lowest BCUT2D eigenvalue weighted by Gasteiger charge is -2.26. The second-order valence-electron chi connectivity index (χ2n) is 8.32. The minimum Gasteiger partial charge on any atom is -0.493 e. The Hall–Kier alpha value is -5.32. The highest BCUT2D eigenvalue weighted by Gasteiger charge is 2.37. The van der Waals surface area contributed by atoms with E-state index in [1.807, 2.05) is 0 Å². The molecule has 4 amide bonds. The number of hydrogen-bond acceptors (Lipinski definition) is 7. The predicted molar refractivity (Wildman–Crippen MR) is 140 cm³/mol. The average Bonchev–Trinajstić information content (AvgIpc) is 2.91. The molecule has 1 aliphatic heterocycles. The Morgan fingerprint density at radius 2 is 1.85 bits per heavy atom. The maximum Gasteiger partial charge on any atom is 0.335 e. The number of nitro groups is 1. The number of anilines is 1. The van der Waals surface area contributed by atoms with Gasteiger partial charge >= 0.3 is 6.03 Å². The number of barbiturate groups is 1. The number of nitrogens with one attached hydrogen (secondary N) is 1. The number of nitro benzene ring substituents is 1. The summed E-state index contributed by atoms with van der Waals surface area (Å²) in [5.74, 6) is -1.74. The third kappa shape index (κ3) is 5.67. The van der Waals surface area contributed by atoms with Gasteiger partial charge in [-0.15, -0.1) is 6.58 Å². The normalized spacial score (nSPS) is 14.3. The standard InChI is InChI=1S/C28H22FN3O7/c1-3-7-18-12-17(14-24(38-2)25(18)39-16-19-8-4-5-11-23(19)29)13-22-26(33)30-28(35)31(27(22)34)20-9-6-10-21(15-20)32(36)37/h3-6,8-15H,1,7,16H2,2H3,(H,30,33,35)/b22-13+. The van der Waals surface area contributed by atoms with Gasteiger partial charge in [-0.05, 0) is 42.3 Å². The molecule has 3 aromatic rings. The molecule has 198 valence electrons. The summed E-state index contributed by atoms with van der Waals surface area (Å²) >= 11 is 0. The molecule has 1 heterocycles. The van der Waals surface area contributed by atoms with E-state index in [0.29, 0.717) is 33.8 Å². The summed E-state index contributed by atoms with van der Waals surface area (Å²) in [4.78, 5) is 49.5. The third-order valence-electron chi connectivity index (χ3n) is 5.78. The second kappa shape index (κ2) is 11.4. The minimum absolute atomic E-state index is 0.0746. The number of rotatable bonds is 9. The zero-order valence-electron chi connectivity index (χ0n) is 20.7. The highest BCUT2D eigenvalue weighted by molar-refractivity contribution is 6.39. The van der Waals surface area contributed by atoms with Crippen molar-refractivity contribution in [3.63, 3.8) is 0 Å². The van der Waals surface area contributed by atoms with Crippen molar-refractivity contribution in [2.45, 2.75) is 13.0 Å². The van der Waals surface area contributed by atoms with E-state index in [2.05, 4.69) is 11.9 Å². The molecule has 1 fully saturated rings. The van der Waals surface area contributed by atoms with Crippen LogP contribution in [0.15, 0.2) is 78.9 Å². The van der Waals surface area contributed by atoms with E-state index >= 15 is 0 Å². The Morgan fingerprint density at radius 3 is 2.54 bits per heavy atom. The van der Waals surface area contributed by atoms with Crippen LogP contribution in [0.25, 0.3) is 6.08 Å². The zero-order chi connectivity index (χ0) is 28.1. The highest BCUT2D eigenvalue weighted by Crippen LogP contribution is 2.35. The van der Waals surface area contributed by atoms with Crippen molar-refractivity contribution in [3.8, 4) is 11.5 Å². The molecule has 0 atom stereocenters. The largest absolute Gasteiger partial charge is 0.493 e. The van der Waals surface area contributed by atoms with Crippen molar-refractivity contribution in [3.05, 3.63) is 112 Å². The van der Waals surface area contributed by atoms with E-state index in [4.69, 9.17) is 9.47 Å². The molecule has 1 aliphatic rings. The topological polar surface area (TPSA) is 128 Å². The lowest BCUT2D eigenvalue weighted by atomic mass is 10.0. The number of hydrogen-bond donors (Lipinski definition) is 1. The van der Waals surface area contributed by atoms with E-state index < -0.39 is 28.6 Å². The van der Waals surface area contributed by atoms with Gasteiger partial charge in [-0.1, -0.05) is 30.3 Å². The van der Waals surface area contributed by atoms with Crippen LogP contribution in [0.1, 0.15) is 16.7 Å². The molecule has 0 aromatic heterocycles. The predicted octanol–water partition coefficient (Wildman–Crippen LogP) is 4.72. The first kappa shape index (κ1) is 26.7. The lowest BCUT2D eigenvalue weighted by molar-refractivity contribution is -0.384. The number of methoxy groups -OCH3 is 1. The number of ether oxygens (including phenoxy) is 2. The quantitative estimate of drug-likeness (QED) is 0.139. The molecule has 0 aliphatic carbocycles. The fraction of sp³-hybridized carbons (Fsp3) is 0.107. The first-order valence-electron chi connectivity index (χ1n) is 11.6. The number of halogens is 1. The molecule has 1 saturated heterocycles. The second-order valence-corrected chi connectivity index (χ2v) is 8.32. The van der Waals surface area contributed by atoms with Gasteiger partial charge in [0, 0.05) is 23.3 Å². The number of amides is 4. The molecular weight excluding hydrogens is 509 g/mol. The van der Waals surface area contributed by atoms with Gasteiger partial charge in [-0.3, -0.25) is 25.0 Å². The molecule has 0 radical (unpaired) electrons. The van der Waals surface area contributed by atoms with Crippen LogP contribution in [0.4, 0.5) is 20.6 Å². The molecule has 10 nitrogen and oxygen atoms in total. The lowest BCUT2D eigenvalue weighted by Crippen LogP contribution is -2.54. The van der Waals surface area contributed by atoms with Crippen LogP contribution in [0.2, 0.25) is 0 Å². The number of allylic oxidation sites excluding steroid dienone is 1. The average molecular weight is 531 g/mol. The smallest absolute Gasteiger partial charge is 0.335 e.